The Labute approximate surface area is 157 Å². The van der Waals surface area contributed by atoms with Crippen LogP contribution in [0.1, 0.15) is 12.8 Å². The molecule has 0 saturated heterocycles. The number of carbonyl (C=O) groups is 1. The van der Waals surface area contributed by atoms with Gasteiger partial charge in [0.25, 0.3) is 0 Å². The van der Waals surface area contributed by atoms with E-state index < -0.39 is 0 Å². The van der Waals surface area contributed by atoms with Gasteiger partial charge in [0.15, 0.2) is 5.16 Å². The predicted octanol–water partition coefficient (Wildman–Crippen LogP) is 3.75. The lowest BCUT2D eigenvalue weighted by atomic mass is 10.2. The van der Waals surface area contributed by atoms with Crippen LogP contribution >= 0.6 is 11.8 Å². The molecule has 5 nitrogen and oxygen atoms in total. The first-order valence-electron chi connectivity index (χ1n) is 8.68. The van der Waals surface area contributed by atoms with Gasteiger partial charge in [-0.15, -0.1) is 0 Å². The van der Waals surface area contributed by atoms with Crippen LogP contribution in [0, 0.1) is 0 Å². The van der Waals surface area contributed by atoms with Crippen LogP contribution in [0.25, 0.3) is 16.7 Å². The van der Waals surface area contributed by atoms with Gasteiger partial charge in [-0.3, -0.25) is 9.36 Å². The lowest BCUT2D eigenvalue weighted by Gasteiger charge is -2.16. The average molecular weight is 367 g/mol. The van der Waals surface area contributed by atoms with Crippen molar-refractivity contribution in [2.75, 3.05) is 19.9 Å². The number of carbonyl (C=O) groups excluding carboxylic acids is 1. The number of thioether (sulfide) groups is 1. The maximum atomic E-state index is 12.4. The highest BCUT2D eigenvalue weighted by Crippen LogP contribution is 2.30. The smallest absolute Gasteiger partial charge is 0.233 e. The molecular weight excluding hydrogens is 346 g/mol. The van der Waals surface area contributed by atoms with E-state index in [0.717, 1.165) is 40.5 Å². The fourth-order valence-corrected chi connectivity index (χ4v) is 3.93. The molecule has 0 aliphatic heterocycles. The van der Waals surface area contributed by atoms with Crippen molar-refractivity contribution < 1.29 is 9.53 Å². The predicted molar refractivity (Wildman–Crippen MR) is 104 cm³/mol. The van der Waals surface area contributed by atoms with Gasteiger partial charge in [0, 0.05) is 18.8 Å². The van der Waals surface area contributed by atoms with Gasteiger partial charge >= 0.3 is 0 Å². The lowest BCUT2D eigenvalue weighted by Crippen LogP contribution is -2.30. The molecule has 6 heteroatoms. The van der Waals surface area contributed by atoms with Gasteiger partial charge in [-0.2, -0.15) is 0 Å². The molecule has 134 valence electrons. The van der Waals surface area contributed by atoms with Crippen molar-refractivity contribution >= 4 is 28.7 Å². The first-order chi connectivity index (χ1) is 12.7. The number of aromatic nitrogens is 2. The molecule has 0 unspecified atom stereocenters. The molecule has 0 bridgehead atoms. The SMILES string of the molecule is COc1ccc(-n2c(SCC(=O)N(C)C3CC3)nc3ccccc32)cc1. The maximum absolute atomic E-state index is 12.4. The Kier molecular flexibility index (Phi) is 4.59. The van der Waals surface area contributed by atoms with E-state index >= 15 is 0 Å². The summed E-state index contributed by atoms with van der Waals surface area (Å²) in [6.07, 6.45) is 2.24. The quantitative estimate of drug-likeness (QED) is 0.623. The molecule has 1 saturated carbocycles. The van der Waals surface area contributed by atoms with Crippen molar-refractivity contribution in [3.63, 3.8) is 0 Å². The Balaban J connectivity index is 1.65. The maximum Gasteiger partial charge on any atom is 0.233 e. The van der Waals surface area contributed by atoms with Gasteiger partial charge in [0.2, 0.25) is 5.91 Å². The third kappa shape index (κ3) is 3.29. The van der Waals surface area contributed by atoms with E-state index in [4.69, 9.17) is 9.72 Å². The minimum Gasteiger partial charge on any atom is -0.497 e. The van der Waals surface area contributed by atoms with Crippen LogP contribution in [-0.4, -0.2) is 46.3 Å². The Bertz CT molecular complexity index is 932. The number of imidazole rings is 1. The largest absolute Gasteiger partial charge is 0.497 e. The van der Waals surface area contributed by atoms with Crippen LogP contribution < -0.4 is 4.74 Å². The van der Waals surface area contributed by atoms with E-state index in [-0.39, 0.29) is 5.91 Å². The summed E-state index contributed by atoms with van der Waals surface area (Å²) in [5.74, 6) is 1.37. The first kappa shape index (κ1) is 17.0. The van der Waals surface area contributed by atoms with Crippen LogP contribution in [0.15, 0.2) is 53.7 Å². The number of amides is 1. The summed E-state index contributed by atoms with van der Waals surface area (Å²) >= 11 is 1.49. The van der Waals surface area contributed by atoms with Crippen molar-refractivity contribution in [1.82, 2.24) is 14.5 Å². The molecule has 1 aliphatic rings. The zero-order valence-electron chi connectivity index (χ0n) is 14.9. The highest BCUT2D eigenvalue weighted by atomic mass is 32.2. The number of hydrogen-bond acceptors (Lipinski definition) is 4. The van der Waals surface area contributed by atoms with E-state index in [1.54, 1.807) is 7.11 Å². The molecule has 4 rings (SSSR count). The summed E-state index contributed by atoms with van der Waals surface area (Å²) < 4.78 is 7.36. The Morgan fingerprint density at radius 1 is 1.23 bits per heavy atom. The van der Waals surface area contributed by atoms with Gasteiger partial charge in [-0.05, 0) is 49.2 Å². The molecule has 0 N–H and O–H groups in total. The number of para-hydroxylation sites is 2. The average Bonchev–Trinajstić information content (AvgIpc) is 3.46. The summed E-state index contributed by atoms with van der Waals surface area (Å²) in [5, 5.41) is 0.828. The molecule has 1 aliphatic carbocycles. The molecule has 1 amide bonds. The number of nitrogens with zero attached hydrogens (tertiary/aromatic N) is 3. The summed E-state index contributed by atoms with van der Waals surface area (Å²) in [4.78, 5) is 19.0. The van der Waals surface area contributed by atoms with E-state index in [0.29, 0.717) is 11.8 Å². The normalized spacial score (nSPS) is 13.8. The van der Waals surface area contributed by atoms with Crippen molar-refractivity contribution in [3.8, 4) is 11.4 Å². The second kappa shape index (κ2) is 7.03. The van der Waals surface area contributed by atoms with Gasteiger partial charge in [0.05, 0.1) is 23.9 Å². The zero-order valence-corrected chi connectivity index (χ0v) is 15.7. The van der Waals surface area contributed by atoms with Crippen LogP contribution in [0.5, 0.6) is 5.75 Å². The Morgan fingerprint density at radius 3 is 2.65 bits per heavy atom. The van der Waals surface area contributed by atoms with E-state index in [9.17, 15) is 4.79 Å². The minimum absolute atomic E-state index is 0.158. The second-order valence-electron chi connectivity index (χ2n) is 6.44. The third-order valence-corrected chi connectivity index (χ3v) is 5.60. The number of methoxy groups -OCH3 is 1. The Hall–Kier alpha value is -2.47. The van der Waals surface area contributed by atoms with Crippen LogP contribution in [0.2, 0.25) is 0 Å². The third-order valence-electron chi connectivity index (χ3n) is 4.67. The topological polar surface area (TPSA) is 47.4 Å². The van der Waals surface area contributed by atoms with Crippen molar-refractivity contribution in [3.05, 3.63) is 48.5 Å². The zero-order chi connectivity index (χ0) is 18.1. The Morgan fingerprint density at radius 2 is 1.96 bits per heavy atom. The summed E-state index contributed by atoms with van der Waals surface area (Å²) in [7, 11) is 3.55. The second-order valence-corrected chi connectivity index (χ2v) is 7.38. The molecule has 1 aromatic heterocycles. The molecule has 1 heterocycles. The number of hydrogen-bond donors (Lipinski definition) is 0. The molecule has 0 atom stereocenters. The highest BCUT2D eigenvalue weighted by molar-refractivity contribution is 7.99. The molecule has 0 spiro atoms. The van der Waals surface area contributed by atoms with Crippen LogP contribution in [0.4, 0.5) is 0 Å². The molecular formula is C20H21N3O2S. The van der Waals surface area contributed by atoms with Crippen molar-refractivity contribution in [1.29, 1.82) is 0 Å². The fraction of sp³-hybridized carbons (Fsp3) is 0.300. The molecule has 2 aromatic carbocycles. The lowest BCUT2D eigenvalue weighted by molar-refractivity contribution is -0.127. The van der Waals surface area contributed by atoms with Gasteiger partial charge < -0.3 is 9.64 Å². The molecule has 26 heavy (non-hydrogen) atoms. The van der Waals surface area contributed by atoms with Gasteiger partial charge in [-0.25, -0.2) is 4.98 Å². The van der Waals surface area contributed by atoms with Crippen molar-refractivity contribution in [2.45, 2.75) is 24.0 Å². The monoisotopic (exact) mass is 367 g/mol. The number of rotatable bonds is 6. The number of fused-ring (bicyclic) bond motifs is 1. The number of ether oxygens (including phenoxy) is 1. The van der Waals surface area contributed by atoms with Gasteiger partial charge in [-0.1, -0.05) is 23.9 Å². The highest BCUT2D eigenvalue weighted by Gasteiger charge is 2.29. The minimum atomic E-state index is 0.158. The number of benzene rings is 2. The van der Waals surface area contributed by atoms with Crippen LogP contribution in [0.3, 0.4) is 0 Å². The van der Waals surface area contributed by atoms with E-state index in [1.165, 1.54) is 11.8 Å². The van der Waals surface area contributed by atoms with Crippen LogP contribution in [-0.2, 0) is 4.79 Å². The summed E-state index contributed by atoms with van der Waals surface area (Å²) in [5.41, 5.74) is 2.96. The van der Waals surface area contributed by atoms with Crippen molar-refractivity contribution in [2.24, 2.45) is 0 Å². The summed E-state index contributed by atoms with van der Waals surface area (Å²) in [6, 6.07) is 16.4. The van der Waals surface area contributed by atoms with E-state index in [2.05, 4.69) is 10.6 Å². The fourth-order valence-electron chi connectivity index (χ4n) is 2.98. The summed E-state index contributed by atoms with van der Waals surface area (Å²) in [6.45, 7) is 0. The first-order valence-corrected chi connectivity index (χ1v) is 9.66. The standard InChI is InChI=1S/C20H21N3O2S/c1-22(14-7-8-14)19(24)13-26-20-21-17-5-3-4-6-18(17)23(20)15-9-11-16(25-2)12-10-15/h3-6,9-12,14H,7-8,13H2,1-2H3. The molecule has 1 fully saturated rings. The molecule has 3 aromatic rings. The molecule has 0 radical (unpaired) electrons. The van der Waals surface area contributed by atoms with E-state index in [1.807, 2.05) is 54.4 Å². The van der Waals surface area contributed by atoms with Gasteiger partial charge in [0.1, 0.15) is 5.75 Å².